The van der Waals surface area contributed by atoms with Crippen molar-refractivity contribution in [1.82, 2.24) is 4.72 Å². The lowest BCUT2D eigenvalue weighted by molar-refractivity contribution is 0.282. The fourth-order valence-corrected chi connectivity index (χ4v) is 4.41. The summed E-state index contributed by atoms with van der Waals surface area (Å²) in [4.78, 5) is 0. The summed E-state index contributed by atoms with van der Waals surface area (Å²) in [5.41, 5.74) is 0.634. The molecule has 0 aliphatic rings. The second-order valence-electron chi connectivity index (χ2n) is 5.44. The average molecular weight is 305 g/mol. The molecular weight excluding hydrogens is 282 g/mol. The maximum absolute atomic E-state index is 12.1. The summed E-state index contributed by atoms with van der Waals surface area (Å²) in [5, 5.41) is 10.6. The van der Waals surface area contributed by atoms with Crippen molar-refractivity contribution in [3.05, 3.63) is 17.0 Å². The van der Waals surface area contributed by atoms with E-state index in [-0.39, 0.29) is 10.8 Å². The van der Waals surface area contributed by atoms with Crippen molar-refractivity contribution in [1.29, 1.82) is 0 Å². The predicted octanol–water partition coefficient (Wildman–Crippen LogP) is 2.45. The minimum atomic E-state index is -3.45. The van der Waals surface area contributed by atoms with Gasteiger partial charge in [0.25, 0.3) is 0 Å². The Morgan fingerprint density at radius 3 is 2.26 bits per heavy atom. The number of aliphatic hydroxyl groups is 1. The van der Waals surface area contributed by atoms with Crippen LogP contribution in [0.4, 0.5) is 0 Å². The first-order chi connectivity index (χ1) is 8.77. The third kappa shape index (κ3) is 4.56. The van der Waals surface area contributed by atoms with Crippen LogP contribution < -0.4 is 4.72 Å². The molecule has 0 atom stereocenters. The van der Waals surface area contributed by atoms with Gasteiger partial charge in [-0.3, -0.25) is 0 Å². The lowest BCUT2D eigenvalue weighted by Gasteiger charge is -2.24. The molecule has 4 nitrogen and oxygen atoms in total. The van der Waals surface area contributed by atoms with Crippen LogP contribution in [0.3, 0.4) is 0 Å². The number of nitrogens with one attached hydrogen (secondary N) is 1. The van der Waals surface area contributed by atoms with Gasteiger partial charge in [-0.15, -0.1) is 11.3 Å². The van der Waals surface area contributed by atoms with Crippen LogP contribution >= 0.6 is 11.3 Å². The molecule has 0 saturated heterocycles. The summed E-state index contributed by atoms with van der Waals surface area (Å²) in [7, 11) is -3.45. The van der Waals surface area contributed by atoms with Crippen LogP contribution in [-0.2, 0) is 16.6 Å². The first kappa shape index (κ1) is 16.6. The Bertz CT molecular complexity index is 484. The quantitative estimate of drug-likeness (QED) is 0.813. The summed E-state index contributed by atoms with van der Waals surface area (Å²) >= 11 is 1.14. The Labute approximate surface area is 119 Å². The van der Waals surface area contributed by atoms with Crippen molar-refractivity contribution in [3.8, 4) is 0 Å². The molecule has 0 fully saturated rings. The Kier molecular flexibility index (Phi) is 5.98. The van der Waals surface area contributed by atoms with Gasteiger partial charge in [0.2, 0.25) is 10.0 Å². The predicted molar refractivity (Wildman–Crippen MR) is 78.6 cm³/mol. The number of sulfonamides is 1. The molecule has 1 rings (SSSR count). The van der Waals surface area contributed by atoms with Crippen molar-refractivity contribution >= 4 is 21.4 Å². The second-order valence-corrected chi connectivity index (χ2v) is 8.34. The van der Waals surface area contributed by atoms with Crippen LogP contribution in [0.15, 0.2) is 15.7 Å². The van der Waals surface area contributed by atoms with Crippen molar-refractivity contribution in [3.63, 3.8) is 0 Å². The highest BCUT2D eigenvalue weighted by atomic mass is 32.2. The molecule has 0 aliphatic carbocycles. The van der Waals surface area contributed by atoms with Gasteiger partial charge in [0.1, 0.15) is 4.21 Å². The van der Waals surface area contributed by atoms with Crippen LogP contribution in [0.1, 0.15) is 33.3 Å². The Morgan fingerprint density at radius 1 is 1.26 bits per heavy atom. The van der Waals surface area contributed by atoms with E-state index in [1.165, 1.54) is 6.07 Å². The topological polar surface area (TPSA) is 66.4 Å². The second kappa shape index (κ2) is 6.83. The van der Waals surface area contributed by atoms with Crippen molar-refractivity contribution in [2.45, 2.75) is 38.5 Å². The molecule has 110 valence electrons. The lowest BCUT2D eigenvalue weighted by Crippen LogP contribution is -2.33. The van der Waals surface area contributed by atoms with Crippen LogP contribution in [0.5, 0.6) is 0 Å². The molecule has 0 aromatic carbocycles. The molecular formula is C13H23NO3S2. The Balaban J connectivity index is 2.74. The van der Waals surface area contributed by atoms with Crippen molar-refractivity contribution < 1.29 is 13.5 Å². The van der Waals surface area contributed by atoms with Crippen LogP contribution in [0.2, 0.25) is 0 Å². The smallest absolute Gasteiger partial charge is 0.250 e. The molecule has 6 heteroatoms. The highest BCUT2D eigenvalue weighted by Crippen LogP contribution is 2.23. The van der Waals surface area contributed by atoms with Crippen LogP contribution in [0, 0.1) is 17.8 Å². The number of thiophene rings is 1. The summed E-state index contributed by atoms with van der Waals surface area (Å²) in [6.45, 7) is 8.74. The number of hydrogen-bond acceptors (Lipinski definition) is 4. The van der Waals surface area contributed by atoms with Gasteiger partial charge in [0.05, 0.1) is 6.61 Å². The molecule has 0 radical (unpaired) electrons. The molecule has 2 N–H and O–H groups in total. The van der Waals surface area contributed by atoms with E-state index in [2.05, 4.69) is 32.4 Å². The first-order valence-corrected chi connectivity index (χ1v) is 8.82. The fourth-order valence-electron chi connectivity index (χ4n) is 2.10. The number of aliphatic hydroxyl groups excluding tert-OH is 1. The van der Waals surface area contributed by atoms with E-state index >= 15 is 0 Å². The van der Waals surface area contributed by atoms with Crippen LogP contribution in [-0.4, -0.2) is 20.1 Å². The summed E-state index contributed by atoms with van der Waals surface area (Å²) in [5.74, 6) is 1.17. The third-order valence-electron chi connectivity index (χ3n) is 3.30. The van der Waals surface area contributed by atoms with E-state index in [9.17, 15) is 8.42 Å². The van der Waals surface area contributed by atoms with Gasteiger partial charge in [-0.2, -0.15) is 0 Å². The summed E-state index contributed by atoms with van der Waals surface area (Å²) in [6, 6.07) is 1.52. The summed E-state index contributed by atoms with van der Waals surface area (Å²) < 4.78 is 27.2. The monoisotopic (exact) mass is 305 g/mol. The van der Waals surface area contributed by atoms with E-state index in [0.717, 1.165) is 11.3 Å². The Hall–Kier alpha value is -0.430. The summed E-state index contributed by atoms with van der Waals surface area (Å²) in [6.07, 6.45) is 0. The molecule has 0 bridgehead atoms. The van der Waals surface area contributed by atoms with Gasteiger partial charge in [-0.05, 0) is 34.8 Å². The van der Waals surface area contributed by atoms with Gasteiger partial charge in [-0.25, -0.2) is 13.1 Å². The van der Waals surface area contributed by atoms with E-state index in [0.29, 0.717) is 29.9 Å². The van der Waals surface area contributed by atoms with Crippen LogP contribution in [0.25, 0.3) is 0 Å². The van der Waals surface area contributed by atoms with E-state index in [1.807, 2.05) is 0 Å². The zero-order valence-corrected chi connectivity index (χ0v) is 13.5. The molecule has 1 aromatic heterocycles. The normalized spacial score (nSPS) is 12.8. The lowest BCUT2D eigenvalue weighted by atomic mass is 9.86. The van der Waals surface area contributed by atoms with Crippen molar-refractivity contribution in [2.24, 2.45) is 17.8 Å². The third-order valence-corrected chi connectivity index (χ3v) is 6.21. The average Bonchev–Trinajstić information content (AvgIpc) is 2.77. The maximum Gasteiger partial charge on any atom is 0.250 e. The Morgan fingerprint density at radius 2 is 1.84 bits per heavy atom. The van der Waals surface area contributed by atoms with Gasteiger partial charge >= 0.3 is 0 Å². The zero-order chi connectivity index (χ0) is 14.6. The number of hydrogen-bond donors (Lipinski definition) is 2. The zero-order valence-electron chi connectivity index (χ0n) is 11.9. The molecule has 1 aromatic rings. The van der Waals surface area contributed by atoms with E-state index in [1.54, 1.807) is 5.38 Å². The number of rotatable bonds is 7. The van der Waals surface area contributed by atoms with Gasteiger partial charge < -0.3 is 5.11 Å². The molecule has 0 aliphatic heterocycles. The molecule has 19 heavy (non-hydrogen) atoms. The first-order valence-electron chi connectivity index (χ1n) is 6.46. The minimum absolute atomic E-state index is 0.132. The SMILES string of the molecule is CC(C)C(CNS(=O)(=O)c1cc(CO)cs1)C(C)C. The highest BCUT2D eigenvalue weighted by Gasteiger charge is 2.22. The van der Waals surface area contributed by atoms with E-state index in [4.69, 9.17) is 5.11 Å². The molecule has 0 amide bonds. The highest BCUT2D eigenvalue weighted by molar-refractivity contribution is 7.91. The van der Waals surface area contributed by atoms with Gasteiger partial charge in [0, 0.05) is 6.54 Å². The standard InChI is InChI=1S/C13H23NO3S2/c1-9(2)12(10(3)4)6-14-19(16,17)13-5-11(7-15)8-18-13/h5,8-10,12,14-15H,6-7H2,1-4H3. The molecule has 1 heterocycles. The molecule has 0 unspecified atom stereocenters. The molecule has 0 spiro atoms. The van der Waals surface area contributed by atoms with Crippen molar-refractivity contribution in [2.75, 3.05) is 6.54 Å². The maximum atomic E-state index is 12.1. The molecule has 0 saturated carbocycles. The minimum Gasteiger partial charge on any atom is -0.392 e. The van der Waals surface area contributed by atoms with Gasteiger partial charge in [0.15, 0.2) is 0 Å². The fraction of sp³-hybridized carbons (Fsp3) is 0.692. The largest absolute Gasteiger partial charge is 0.392 e. The van der Waals surface area contributed by atoms with Gasteiger partial charge in [-0.1, -0.05) is 27.7 Å². The van der Waals surface area contributed by atoms with E-state index < -0.39 is 10.0 Å².